The van der Waals surface area contributed by atoms with Crippen LogP contribution < -0.4 is 5.32 Å². The quantitative estimate of drug-likeness (QED) is 0.719. The molecule has 7 nitrogen and oxygen atoms in total. The van der Waals surface area contributed by atoms with E-state index in [1.54, 1.807) is 10.9 Å². The third-order valence-corrected chi connectivity index (χ3v) is 3.71. The molecule has 1 amide bonds. The number of rotatable bonds is 6. The Balaban J connectivity index is 1.63. The van der Waals surface area contributed by atoms with Crippen LogP contribution in [0.25, 0.3) is 11.0 Å². The predicted octanol–water partition coefficient (Wildman–Crippen LogP) is 2.42. The molecule has 3 aromatic rings. The SMILES string of the molecule is O=C(NC(Cn1cnc2ccccc21)C(=O)O)OCc1ccccc1. The molecule has 0 aliphatic rings. The van der Waals surface area contributed by atoms with E-state index in [0.717, 1.165) is 16.6 Å². The zero-order valence-electron chi connectivity index (χ0n) is 13.3. The summed E-state index contributed by atoms with van der Waals surface area (Å²) in [6.07, 6.45) is 0.776. The summed E-state index contributed by atoms with van der Waals surface area (Å²) in [4.78, 5) is 27.6. The van der Waals surface area contributed by atoms with Gasteiger partial charge in [0.25, 0.3) is 0 Å². The minimum Gasteiger partial charge on any atom is -0.480 e. The molecular formula is C18H17N3O4. The fourth-order valence-electron chi connectivity index (χ4n) is 2.44. The smallest absolute Gasteiger partial charge is 0.408 e. The molecular weight excluding hydrogens is 322 g/mol. The highest BCUT2D eigenvalue weighted by molar-refractivity contribution is 5.80. The van der Waals surface area contributed by atoms with Crippen LogP contribution in [0.3, 0.4) is 0 Å². The Morgan fingerprint density at radius 1 is 1.12 bits per heavy atom. The fraction of sp³-hybridized carbons (Fsp3) is 0.167. The van der Waals surface area contributed by atoms with Gasteiger partial charge in [-0.3, -0.25) is 0 Å². The molecule has 3 rings (SSSR count). The molecule has 1 heterocycles. The van der Waals surface area contributed by atoms with Crippen LogP contribution in [0.5, 0.6) is 0 Å². The maximum absolute atomic E-state index is 11.9. The van der Waals surface area contributed by atoms with Gasteiger partial charge in [-0.05, 0) is 17.7 Å². The number of fused-ring (bicyclic) bond motifs is 1. The normalized spacial score (nSPS) is 11.8. The largest absolute Gasteiger partial charge is 0.480 e. The van der Waals surface area contributed by atoms with E-state index in [2.05, 4.69) is 10.3 Å². The number of aromatic nitrogens is 2. The third-order valence-electron chi connectivity index (χ3n) is 3.71. The zero-order valence-corrected chi connectivity index (χ0v) is 13.3. The minimum absolute atomic E-state index is 0.0519. The first-order chi connectivity index (χ1) is 12.1. The molecule has 7 heteroatoms. The Morgan fingerprint density at radius 2 is 1.84 bits per heavy atom. The summed E-state index contributed by atoms with van der Waals surface area (Å²) in [5.74, 6) is -1.14. The molecule has 0 fully saturated rings. The van der Waals surface area contributed by atoms with Crippen molar-refractivity contribution in [2.75, 3.05) is 0 Å². The number of nitrogens with one attached hydrogen (secondary N) is 1. The maximum atomic E-state index is 11.9. The summed E-state index contributed by atoms with van der Waals surface area (Å²) in [5, 5.41) is 11.8. The van der Waals surface area contributed by atoms with E-state index < -0.39 is 18.1 Å². The predicted molar refractivity (Wildman–Crippen MR) is 90.9 cm³/mol. The molecule has 0 saturated carbocycles. The monoisotopic (exact) mass is 339 g/mol. The standard InChI is InChI=1S/C18H17N3O4/c22-17(23)15(10-21-12-19-14-8-4-5-9-16(14)21)20-18(24)25-11-13-6-2-1-3-7-13/h1-9,12,15H,10-11H2,(H,20,24)(H,22,23). The Labute approximate surface area is 143 Å². The van der Waals surface area contributed by atoms with Gasteiger partial charge in [-0.15, -0.1) is 0 Å². The van der Waals surface area contributed by atoms with Gasteiger partial charge in [0.2, 0.25) is 0 Å². The van der Waals surface area contributed by atoms with Crippen molar-refractivity contribution in [1.29, 1.82) is 0 Å². The first-order valence-electron chi connectivity index (χ1n) is 7.73. The third kappa shape index (κ3) is 4.14. The molecule has 2 aromatic carbocycles. The van der Waals surface area contributed by atoms with Gasteiger partial charge in [0.15, 0.2) is 0 Å². The van der Waals surface area contributed by atoms with Gasteiger partial charge < -0.3 is 19.7 Å². The van der Waals surface area contributed by atoms with Crippen molar-refractivity contribution in [3.05, 3.63) is 66.5 Å². The summed E-state index contributed by atoms with van der Waals surface area (Å²) in [6, 6.07) is 15.4. The Bertz CT molecular complexity index is 876. The number of imidazole rings is 1. The molecule has 0 aliphatic heterocycles. The fourth-order valence-corrected chi connectivity index (χ4v) is 2.44. The number of amides is 1. The van der Waals surface area contributed by atoms with Gasteiger partial charge in [0.05, 0.1) is 23.9 Å². The van der Waals surface area contributed by atoms with E-state index in [4.69, 9.17) is 4.74 Å². The molecule has 0 radical (unpaired) electrons. The second kappa shape index (κ2) is 7.48. The summed E-state index contributed by atoms with van der Waals surface area (Å²) < 4.78 is 6.76. The van der Waals surface area contributed by atoms with Gasteiger partial charge in [-0.2, -0.15) is 0 Å². The summed E-state index contributed by atoms with van der Waals surface area (Å²) in [5.41, 5.74) is 2.39. The van der Waals surface area contributed by atoms with Crippen LogP contribution in [0.1, 0.15) is 5.56 Å². The van der Waals surface area contributed by atoms with Crippen molar-refractivity contribution in [3.8, 4) is 0 Å². The number of alkyl carbamates (subject to hydrolysis) is 1. The summed E-state index contributed by atoms with van der Waals surface area (Å²) in [7, 11) is 0. The number of para-hydroxylation sites is 2. The van der Waals surface area contributed by atoms with Crippen molar-refractivity contribution in [1.82, 2.24) is 14.9 Å². The highest BCUT2D eigenvalue weighted by Gasteiger charge is 2.22. The van der Waals surface area contributed by atoms with Gasteiger partial charge in [-0.1, -0.05) is 42.5 Å². The van der Waals surface area contributed by atoms with Crippen LogP contribution in [0.15, 0.2) is 60.9 Å². The van der Waals surface area contributed by atoms with Crippen molar-refractivity contribution in [2.24, 2.45) is 0 Å². The van der Waals surface area contributed by atoms with E-state index in [1.807, 2.05) is 54.6 Å². The number of carboxylic acid groups (broad SMARTS) is 1. The number of hydrogen-bond donors (Lipinski definition) is 2. The lowest BCUT2D eigenvalue weighted by Crippen LogP contribution is -2.43. The van der Waals surface area contributed by atoms with Gasteiger partial charge in [-0.25, -0.2) is 14.6 Å². The highest BCUT2D eigenvalue weighted by Crippen LogP contribution is 2.12. The van der Waals surface area contributed by atoms with E-state index in [1.165, 1.54) is 0 Å². The summed E-state index contributed by atoms with van der Waals surface area (Å²) in [6.45, 7) is 0.128. The van der Waals surface area contributed by atoms with Crippen LogP contribution in [0, 0.1) is 0 Å². The van der Waals surface area contributed by atoms with Gasteiger partial charge >= 0.3 is 12.1 Å². The lowest BCUT2D eigenvalue weighted by Gasteiger charge is -2.15. The van der Waals surface area contributed by atoms with Crippen LogP contribution in [-0.2, 0) is 22.7 Å². The van der Waals surface area contributed by atoms with Crippen LogP contribution in [-0.4, -0.2) is 32.8 Å². The molecule has 0 aliphatic carbocycles. The van der Waals surface area contributed by atoms with E-state index in [0.29, 0.717) is 0 Å². The highest BCUT2D eigenvalue weighted by atomic mass is 16.5. The molecule has 0 saturated heterocycles. The van der Waals surface area contributed by atoms with Gasteiger partial charge in [0, 0.05) is 0 Å². The molecule has 0 spiro atoms. The number of benzene rings is 2. The van der Waals surface area contributed by atoms with Crippen LogP contribution in [0.4, 0.5) is 4.79 Å². The number of hydrogen-bond acceptors (Lipinski definition) is 4. The Morgan fingerprint density at radius 3 is 2.60 bits per heavy atom. The molecule has 128 valence electrons. The van der Waals surface area contributed by atoms with Crippen LogP contribution >= 0.6 is 0 Å². The number of nitrogens with zero attached hydrogens (tertiary/aromatic N) is 2. The zero-order chi connectivity index (χ0) is 17.6. The van der Waals surface area contributed by atoms with Gasteiger partial charge in [0.1, 0.15) is 12.6 Å². The number of carboxylic acids is 1. The van der Waals surface area contributed by atoms with Crippen LogP contribution in [0.2, 0.25) is 0 Å². The van der Waals surface area contributed by atoms with E-state index in [9.17, 15) is 14.7 Å². The number of ether oxygens (including phenoxy) is 1. The lowest BCUT2D eigenvalue weighted by molar-refractivity contribution is -0.139. The topological polar surface area (TPSA) is 93.5 Å². The van der Waals surface area contributed by atoms with E-state index in [-0.39, 0.29) is 13.2 Å². The molecule has 1 aromatic heterocycles. The van der Waals surface area contributed by atoms with Crippen molar-refractivity contribution < 1.29 is 19.4 Å². The molecule has 0 bridgehead atoms. The molecule has 1 atom stereocenters. The molecule has 1 unspecified atom stereocenters. The summed E-state index contributed by atoms with van der Waals surface area (Å²) >= 11 is 0. The average Bonchev–Trinajstić information content (AvgIpc) is 3.03. The molecule has 2 N–H and O–H groups in total. The average molecular weight is 339 g/mol. The second-order valence-electron chi connectivity index (χ2n) is 5.48. The number of aliphatic carboxylic acids is 1. The molecule has 25 heavy (non-hydrogen) atoms. The number of carbonyl (C=O) groups is 2. The second-order valence-corrected chi connectivity index (χ2v) is 5.48. The number of carbonyl (C=O) groups excluding carboxylic acids is 1. The van der Waals surface area contributed by atoms with Crippen molar-refractivity contribution >= 4 is 23.1 Å². The Hall–Kier alpha value is -3.35. The Kier molecular flexibility index (Phi) is 4.94. The van der Waals surface area contributed by atoms with E-state index >= 15 is 0 Å². The first-order valence-corrected chi connectivity index (χ1v) is 7.73. The van der Waals surface area contributed by atoms with Crippen molar-refractivity contribution in [3.63, 3.8) is 0 Å². The lowest BCUT2D eigenvalue weighted by atomic mass is 10.2. The van der Waals surface area contributed by atoms with Crippen molar-refractivity contribution in [2.45, 2.75) is 19.2 Å². The first kappa shape index (κ1) is 16.5. The minimum atomic E-state index is -1.14. The maximum Gasteiger partial charge on any atom is 0.408 e.